The Morgan fingerprint density at radius 1 is 0.732 bits per heavy atom. The molecule has 208 valence electrons. The maximum absolute atomic E-state index is 13.3. The summed E-state index contributed by atoms with van der Waals surface area (Å²) >= 11 is 0. The molecule has 0 atom stereocenters. The van der Waals surface area contributed by atoms with E-state index < -0.39 is 11.7 Å². The third-order valence-corrected chi connectivity index (χ3v) is 6.42. The predicted octanol–water partition coefficient (Wildman–Crippen LogP) is 7.12. The van der Waals surface area contributed by atoms with Crippen LogP contribution in [0.2, 0.25) is 0 Å². The molecule has 5 rings (SSSR count). The Morgan fingerprint density at radius 3 is 2.10 bits per heavy atom. The highest BCUT2D eigenvalue weighted by molar-refractivity contribution is 6.07. The fourth-order valence-electron chi connectivity index (χ4n) is 4.44. The fraction of sp³-hybridized carbons (Fsp3) is 0.125. The second-order valence-corrected chi connectivity index (χ2v) is 9.43. The van der Waals surface area contributed by atoms with Crippen molar-refractivity contribution in [1.82, 2.24) is 4.57 Å². The number of carbonyl (C=O) groups excluding carboxylic acids is 2. The molecule has 0 fully saturated rings. The molecule has 0 unspecified atom stereocenters. The third kappa shape index (κ3) is 7.01. The van der Waals surface area contributed by atoms with Crippen molar-refractivity contribution in [3.05, 3.63) is 132 Å². The summed E-state index contributed by atoms with van der Waals surface area (Å²) < 4.78 is 46.4. The summed E-state index contributed by atoms with van der Waals surface area (Å²) in [4.78, 5) is 25.8. The van der Waals surface area contributed by atoms with Crippen molar-refractivity contribution in [3.63, 3.8) is 0 Å². The number of nitrogens with one attached hydrogen (secondary N) is 2. The number of fused-ring (bicyclic) bond motifs is 1. The first-order valence-electron chi connectivity index (χ1n) is 12.8. The zero-order chi connectivity index (χ0) is 28.8. The van der Waals surface area contributed by atoms with E-state index in [2.05, 4.69) is 10.6 Å². The van der Waals surface area contributed by atoms with E-state index in [9.17, 15) is 22.8 Å². The molecule has 0 aliphatic carbocycles. The molecule has 0 bridgehead atoms. The number of amides is 2. The number of hydrogen-bond acceptors (Lipinski definition) is 3. The lowest BCUT2D eigenvalue weighted by atomic mass is 10.1. The number of rotatable bonds is 9. The number of anilines is 2. The summed E-state index contributed by atoms with van der Waals surface area (Å²) in [5, 5.41) is 6.35. The van der Waals surface area contributed by atoms with Crippen LogP contribution in [0.1, 0.15) is 27.2 Å². The first-order valence-corrected chi connectivity index (χ1v) is 12.8. The summed E-state index contributed by atoms with van der Waals surface area (Å²) in [7, 11) is 0. The first-order chi connectivity index (χ1) is 19.8. The van der Waals surface area contributed by atoms with Crippen LogP contribution in [0.5, 0.6) is 0 Å². The Labute approximate surface area is 234 Å². The largest absolute Gasteiger partial charge is 0.416 e. The molecule has 9 heteroatoms. The van der Waals surface area contributed by atoms with Crippen molar-refractivity contribution >= 4 is 34.1 Å². The predicted molar refractivity (Wildman–Crippen MR) is 152 cm³/mol. The summed E-state index contributed by atoms with van der Waals surface area (Å²) in [5.41, 5.74) is 2.93. The van der Waals surface area contributed by atoms with Gasteiger partial charge in [-0.25, -0.2) is 0 Å². The quantitative estimate of drug-likeness (QED) is 0.203. The van der Waals surface area contributed by atoms with Gasteiger partial charge in [0, 0.05) is 28.8 Å². The lowest BCUT2D eigenvalue weighted by molar-refractivity contribution is -0.137. The Bertz CT molecular complexity index is 1650. The molecule has 4 aromatic carbocycles. The molecule has 0 aliphatic rings. The fourth-order valence-corrected chi connectivity index (χ4v) is 4.44. The second-order valence-electron chi connectivity index (χ2n) is 9.43. The molecule has 0 radical (unpaired) electrons. The maximum Gasteiger partial charge on any atom is 0.416 e. The van der Waals surface area contributed by atoms with E-state index in [1.165, 1.54) is 12.1 Å². The molecule has 0 saturated heterocycles. The monoisotopic (exact) mass is 557 g/mol. The Balaban J connectivity index is 1.38. The van der Waals surface area contributed by atoms with Gasteiger partial charge in [-0.15, -0.1) is 0 Å². The average Bonchev–Trinajstić information content (AvgIpc) is 3.31. The molecule has 41 heavy (non-hydrogen) atoms. The van der Waals surface area contributed by atoms with E-state index in [0.717, 1.165) is 17.7 Å². The van der Waals surface area contributed by atoms with Crippen LogP contribution < -0.4 is 10.6 Å². The summed E-state index contributed by atoms with van der Waals surface area (Å²) in [6.45, 7) is 0.338. The van der Waals surface area contributed by atoms with Crippen molar-refractivity contribution in [2.75, 3.05) is 17.2 Å². The molecule has 0 spiro atoms. The van der Waals surface area contributed by atoms with Gasteiger partial charge in [0.15, 0.2) is 0 Å². The van der Waals surface area contributed by atoms with Gasteiger partial charge in [-0.1, -0.05) is 60.7 Å². The number of nitrogens with zero attached hydrogens (tertiary/aromatic N) is 1. The SMILES string of the molecule is O=C(COCc1ccccc1)Nc1ccc2c(c1)cc(C(=O)Nc1ccccc1)n2Cc1ccc(C(F)(F)F)cc1. The number of para-hydroxylation sites is 1. The number of aromatic nitrogens is 1. The van der Waals surface area contributed by atoms with Gasteiger partial charge in [0.1, 0.15) is 12.3 Å². The van der Waals surface area contributed by atoms with Gasteiger partial charge in [0.05, 0.1) is 12.2 Å². The lowest BCUT2D eigenvalue weighted by Gasteiger charge is -2.13. The van der Waals surface area contributed by atoms with Crippen molar-refractivity contribution in [2.45, 2.75) is 19.3 Å². The molecule has 2 N–H and O–H groups in total. The van der Waals surface area contributed by atoms with E-state index in [1.54, 1.807) is 53.1 Å². The van der Waals surface area contributed by atoms with E-state index >= 15 is 0 Å². The van der Waals surface area contributed by atoms with Gasteiger partial charge in [-0.3, -0.25) is 9.59 Å². The van der Waals surface area contributed by atoms with Crippen LogP contribution in [0, 0.1) is 0 Å². The molecule has 1 heterocycles. The van der Waals surface area contributed by atoms with Crippen molar-refractivity contribution in [3.8, 4) is 0 Å². The number of halogens is 3. The molecule has 0 saturated carbocycles. The smallest absolute Gasteiger partial charge is 0.367 e. The number of carbonyl (C=O) groups is 2. The first kappa shape index (κ1) is 27.7. The van der Waals surface area contributed by atoms with Crippen LogP contribution in [-0.4, -0.2) is 23.0 Å². The Hall–Kier alpha value is -4.89. The van der Waals surface area contributed by atoms with Crippen molar-refractivity contribution < 1.29 is 27.5 Å². The van der Waals surface area contributed by atoms with Gasteiger partial charge >= 0.3 is 6.18 Å². The van der Waals surface area contributed by atoms with Gasteiger partial charge < -0.3 is 19.9 Å². The van der Waals surface area contributed by atoms with Crippen LogP contribution in [0.4, 0.5) is 24.5 Å². The molecule has 5 aromatic rings. The van der Waals surface area contributed by atoms with Crippen LogP contribution in [-0.2, 0) is 28.9 Å². The summed E-state index contributed by atoms with van der Waals surface area (Å²) in [5.74, 6) is -0.703. The zero-order valence-electron chi connectivity index (χ0n) is 21.8. The molecular weight excluding hydrogens is 531 g/mol. The van der Waals surface area contributed by atoms with Crippen molar-refractivity contribution in [1.29, 1.82) is 0 Å². The van der Waals surface area contributed by atoms with Crippen LogP contribution in [0.25, 0.3) is 10.9 Å². The number of alkyl halides is 3. The average molecular weight is 558 g/mol. The Kier molecular flexibility index (Phi) is 8.16. The highest BCUT2D eigenvalue weighted by Crippen LogP contribution is 2.30. The number of ether oxygens (including phenoxy) is 1. The molecule has 6 nitrogen and oxygen atoms in total. The topological polar surface area (TPSA) is 72.4 Å². The van der Waals surface area contributed by atoms with Gasteiger partial charge in [0.25, 0.3) is 5.91 Å². The normalized spacial score (nSPS) is 11.4. The highest BCUT2D eigenvalue weighted by atomic mass is 19.4. The molecular formula is C32H26F3N3O3. The van der Waals surface area contributed by atoms with Gasteiger partial charge in [0.2, 0.25) is 5.91 Å². The highest BCUT2D eigenvalue weighted by Gasteiger charge is 2.30. The van der Waals surface area contributed by atoms with Crippen molar-refractivity contribution in [2.24, 2.45) is 0 Å². The lowest BCUT2D eigenvalue weighted by Crippen LogP contribution is -2.18. The molecule has 2 amide bonds. The van der Waals surface area contributed by atoms with E-state index in [0.29, 0.717) is 40.1 Å². The second kappa shape index (κ2) is 12.1. The Morgan fingerprint density at radius 2 is 1.41 bits per heavy atom. The van der Waals surface area contributed by atoms with E-state index in [1.807, 2.05) is 36.4 Å². The van der Waals surface area contributed by atoms with Crippen LogP contribution in [0.3, 0.4) is 0 Å². The standard InChI is InChI=1S/C32H26F3N3O3/c33-32(34,35)25-13-11-22(12-14-25)19-38-28-16-15-27(36-30(39)21-41-20-23-7-3-1-4-8-23)17-24(28)18-29(38)31(40)37-26-9-5-2-6-10-26/h1-18H,19-21H2,(H,36,39)(H,37,40). The maximum atomic E-state index is 13.3. The summed E-state index contributed by atoms with van der Waals surface area (Å²) in [6, 6.07) is 30.2. The van der Waals surface area contributed by atoms with Gasteiger partial charge in [-0.2, -0.15) is 13.2 Å². The van der Waals surface area contributed by atoms with E-state index in [-0.39, 0.29) is 25.0 Å². The number of hydrogen-bond donors (Lipinski definition) is 2. The van der Waals surface area contributed by atoms with Crippen LogP contribution >= 0.6 is 0 Å². The minimum absolute atomic E-state index is 0.132. The third-order valence-electron chi connectivity index (χ3n) is 6.42. The minimum atomic E-state index is -4.44. The van der Waals surface area contributed by atoms with Gasteiger partial charge in [-0.05, 0) is 59.7 Å². The van der Waals surface area contributed by atoms with Crippen LogP contribution in [0.15, 0.2) is 109 Å². The summed E-state index contributed by atoms with van der Waals surface area (Å²) in [6.07, 6.45) is -4.44. The molecule has 1 aromatic heterocycles. The molecule has 0 aliphatic heterocycles. The van der Waals surface area contributed by atoms with E-state index in [4.69, 9.17) is 4.74 Å². The number of benzene rings is 4. The minimum Gasteiger partial charge on any atom is -0.367 e. The zero-order valence-corrected chi connectivity index (χ0v) is 21.8.